The van der Waals surface area contributed by atoms with Crippen molar-refractivity contribution in [3.05, 3.63) is 45.0 Å². The number of nitrogens with one attached hydrogen (secondary N) is 1. The van der Waals surface area contributed by atoms with Crippen molar-refractivity contribution < 1.29 is 14.3 Å². The van der Waals surface area contributed by atoms with E-state index in [0.717, 1.165) is 45.0 Å². The predicted octanol–water partition coefficient (Wildman–Crippen LogP) is 4.41. The summed E-state index contributed by atoms with van der Waals surface area (Å²) in [5, 5.41) is 4.55. The number of hydrogen-bond donors (Lipinski definition) is 1. The number of ether oxygens (including phenoxy) is 1. The zero-order valence-corrected chi connectivity index (χ0v) is 23.7. The molecule has 1 aliphatic rings. The average Bonchev–Trinajstić information content (AvgIpc) is 3.25. The summed E-state index contributed by atoms with van der Waals surface area (Å²) in [6, 6.07) is 5.63. The lowest BCUT2D eigenvalue weighted by molar-refractivity contribution is -0.131. The normalized spacial score (nSPS) is 17.1. The van der Waals surface area contributed by atoms with E-state index in [-0.39, 0.29) is 24.0 Å². The predicted molar refractivity (Wildman–Crippen MR) is 148 cm³/mol. The van der Waals surface area contributed by atoms with Crippen molar-refractivity contribution in [2.24, 2.45) is 0 Å². The van der Waals surface area contributed by atoms with E-state index in [1.807, 2.05) is 12.1 Å². The van der Waals surface area contributed by atoms with Crippen molar-refractivity contribution in [3.8, 4) is 11.3 Å². The molecule has 198 valence electrons. The van der Waals surface area contributed by atoms with Crippen molar-refractivity contribution in [1.29, 1.82) is 0 Å². The zero-order chi connectivity index (χ0) is 26.7. The molecule has 0 spiro atoms. The summed E-state index contributed by atoms with van der Waals surface area (Å²) in [4.78, 5) is 36.5. The molecule has 1 unspecified atom stereocenters. The number of carbonyl (C=O) groups excluding carboxylic acids is 2. The first kappa shape index (κ1) is 27.7. The molecule has 1 fully saturated rings. The van der Waals surface area contributed by atoms with Gasteiger partial charge in [-0.05, 0) is 37.6 Å². The minimum absolute atomic E-state index is 0.0367. The highest BCUT2D eigenvalue weighted by molar-refractivity contribution is 7.19. The third kappa shape index (κ3) is 6.78. The fourth-order valence-corrected chi connectivity index (χ4v) is 6.18. The van der Waals surface area contributed by atoms with Crippen LogP contribution in [0.25, 0.3) is 21.5 Å². The van der Waals surface area contributed by atoms with Crippen molar-refractivity contribution in [2.45, 2.75) is 44.9 Å². The van der Waals surface area contributed by atoms with Gasteiger partial charge in [0.15, 0.2) is 0 Å². The quantitative estimate of drug-likeness (QED) is 0.388. The van der Waals surface area contributed by atoms with Crippen LogP contribution in [-0.2, 0) is 27.3 Å². The van der Waals surface area contributed by atoms with Gasteiger partial charge < -0.3 is 19.9 Å². The van der Waals surface area contributed by atoms with Gasteiger partial charge in [0.1, 0.15) is 6.33 Å². The lowest BCUT2D eigenvalue weighted by atomic mass is 9.96. The fraction of sp³-hybridized carbons (Fsp3) is 0.462. The Labute approximate surface area is 230 Å². The van der Waals surface area contributed by atoms with Crippen LogP contribution >= 0.6 is 34.5 Å². The number of morpholine rings is 1. The molecular weight excluding hydrogens is 533 g/mol. The molecule has 1 atom stereocenters. The summed E-state index contributed by atoms with van der Waals surface area (Å²) in [6.45, 7) is 6.47. The van der Waals surface area contributed by atoms with E-state index in [1.165, 1.54) is 4.90 Å². The summed E-state index contributed by atoms with van der Waals surface area (Å²) >= 11 is 14.7. The van der Waals surface area contributed by atoms with Gasteiger partial charge in [-0.3, -0.25) is 9.59 Å². The van der Waals surface area contributed by atoms with E-state index in [1.54, 1.807) is 42.7 Å². The highest BCUT2D eigenvalue weighted by Crippen LogP contribution is 2.39. The van der Waals surface area contributed by atoms with Crippen LogP contribution in [0.2, 0.25) is 10.0 Å². The first-order valence-corrected chi connectivity index (χ1v) is 13.6. The highest BCUT2D eigenvalue weighted by Gasteiger charge is 2.30. The first-order chi connectivity index (χ1) is 17.6. The number of fused-ring (bicyclic) bond motifs is 1. The standard InChI is InChI=1S/C26H31Cl2N5O3S/c1-26(2)13-29-11-17(36-26)9-19-20(7-16(27)8-21(19)28)24-25-22(30-14-31-24)10-18(37-25)12-33(4)23(35)5-6-32(3)15-34/h7-8,10,14-15,17,29H,5-6,9,11-13H2,1-4H3. The van der Waals surface area contributed by atoms with Gasteiger partial charge >= 0.3 is 0 Å². The van der Waals surface area contributed by atoms with E-state index in [9.17, 15) is 9.59 Å². The number of nitrogens with zero attached hydrogens (tertiary/aromatic N) is 4. The summed E-state index contributed by atoms with van der Waals surface area (Å²) in [5.41, 5.74) is 3.07. The van der Waals surface area contributed by atoms with E-state index in [2.05, 4.69) is 29.1 Å². The van der Waals surface area contributed by atoms with Crippen LogP contribution in [-0.4, -0.2) is 77.5 Å². The molecule has 11 heteroatoms. The molecule has 2 aromatic heterocycles. The second-order valence-electron chi connectivity index (χ2n) is 9.98. The largest absolute Gasteiger partial charge is 0.369 e. The molecule has 3 heterocycles. The Morgan fingerprint density at radius 3 is 2.78 bits per heavy atom. The Morgan fingerprint density at radius 1 is 1.27 bits per heavy atom. The molecule has 1 N–H and O–H groups in total. The number of benzene rings is 1. The molecule has 1 aliphatic heterocycles. The lowest BCUT2D eigenvalue weighted by Gasteiger charge is -2.37. The third-order valence-corrected chi connectivity index (χ3v) is 7.97. The maximum atomic E-state index is 12.5. The number of hydrogen-bond acceptors (Lipinski definition) is 7. The van der Waals surface area contributed by atoms with Gasteiger partial charge in [0, 0.05) is 67.1 Å². The molecule has 1 aromatic carbocycles. The van der Waals surface area contributed by atoms with Crippen molar-refractivity contribution >= 4 is 57.1 Å². The van der Waals surface area contributed by atoms with Gasteiger partial charge in [-0.25, -0.2) is 9.97 Å². The van der Waals surface area contributed by atoms with Crippen molar-refractivity contribution in [2.75, 3.05) is 33.7 Å². The number of aromatic nitrogens is 2. The van der Waals surface area contributed by atoms with Gasteiger partial charge in [0.05, 0.1) is 34.2 Å². The second-order valence-corrected chi connectivity index (χ2v) is 12.0. The minimum atomic E-state index is -0.265. The molecule has 0 saturated carbocycles. The van der Waals surface area contributed by atoms with Crippen molar-refractivity contribution in [1.82, 2.24) is 25.1 Å². The molecule has 3 aromatic rings. The third-order valence-electron chi connectivity index (χ3n) is 6.29. The van der Waals surface area contributed by atoms with Gasteiger partial charge in [0.2, 0.25) is 12.3 Å². The number of thiophene rings is 1. The Bertz CT molecular complexity index is 1300. The Kier molecular flexibility index (Phi) is 8.70. The van der Waals surface area contributed by atoms with E-state index >= 15 is 0 Å². The monoisotopic (exact) mass is 563 g/mol. The van der Waals surface area contributed by atoms with E-state index < -0.39 is 0 Å². The van der Waals surface area contributed by atoms with Crippen LogP contribution in [0.5, 0.6) is 0 Å². The van der Waals surface area contributed by atoms with Crippen LogP contribution in [0.3, 0.4) is 0 Å². The minimum Gasteiger partial charge on any atom is -0.369 e. The maximum absolute atomic E-state index is 12.5. The smallest absolute Gasteiger partial charge is 0.224 e. The molecule has 2 amide bonds. The molecule has 0 bridgehead atoms. The molecular formula is C26H31Cl2N5O3S. The van der Waals surface area contributed by atoms with Gasteiger partial charge in [-0.1, -0.05) is 23.2 Å². The number of amides is 2. The van der Waals surface area contributed by atoms with Gasteiger partial charge in [-0.2, -0.15) is 0 Å². The molecule has 8 nitrogen and oxygen atoms in total. The molecule has 0 aliphatic carbocycles. The molecule has 37 heavy (non-hydrogen) atoms. The van der Waals surface area contributed by atoms with E-state index in [4.69, 9.17) is 27.9 Å². The Morgan fingerprint density at radius 2 is 2.05 bits per heavy atom. The molecule has 4 rings (SSSR count). The lowest BCUT2D eigenvalue weighted by Crippen LogP contribution is -2.51. The summed E-state index contributed by atoms with van der Waals surface area (Å²) in [7, 11) is 3.41. The average molecular weight is 565 g/mol. The number of halogens is 2. The summed E-state index contributed by atoms with van der Waals surface area (Å²) in [6.07, 6.45) is 3.08. The Balaban J connectivity index is 1.63. The van der Waals surface area contributed by atoms with Crippen molar-refractivity contribution in [3.63, 3.8) is 0 Å². The van der Waals surface area contributed by atoms with Crippen LogP contribution in [0.1, 0.15) is 30.7 Å². The van der Waals surface area contributed by atoms with Crippen LogP contribution < -0.4 is 5.32 Å². The van der Waals surface area contributed by atoms with E-state index in [0.29, 0.717) is 36.0 Å². The Hall–Kier alpha value is -2.30. The summed E-state index contributed by atoms with van der Waals surface area (Å²) in [5.74, 6) is -0.0367. The highest BCUT2D eigenvalue weighted by atomic mass is 35.5. The molecule has 0 radical (unpaired) electrons. The van der Waals surface area contributed by atoms with Crippen LogP contribution in [0.15, 0.2) is 24.5 Å². The van der Waals surface area contributed by atoms with Gasteiger partial charge in [-0.15, -0.1) is 11.3 Å². The second kappa shape index (κ2) is 11.6. The van der Waals surface area contributed by atoms with Crippen LogP contribution in [0.4, 0.5) is 0 Å². The SMILES string of the molecule is CN(C=O)CCC(=O)N(C)Cc1cc2ncnc(-c3cc(Cl)cc(Cl)c3CC3CNCC(C)(C)O3)c2s1. The molecule has 1 saturated heterocycles. The number of carbonyl (C=O) groups is 2. The topological polar surface area (TPSA) is 87.7 Å². The first-order valence-electron chi connectivity index (χ1n) is 12.1. The maximum Gasteiger partial charge on any atom is 0.224 e. The fourth-order valence-electron chi connectivity index (χ4n) is 4.44. The number of rotatable bonds is 9. The zero-order valence-electron chi connectivity index (χ0n) is 21.4. The van der Waals surface area contributed by atoms with Crippen LogP contribution in [0, 0.1) is 0 Å². The van der Waals surface area contributed by atoms with Gasteiger partial charge in [0.25, 0.3) is 0 Å². The summed E-state index contributed by atoms with van der Waals surface area (Å²) < 4.78 is 7.21.